The van der Waals surface area contributed by atoms with Crippen LogP contribution in [0.2, 0.25) is 0 Å². The average Bonchev–Trinajstić information content (AvgIpc) is 3.28. The first-order valence-corrected chi connectivity index (χ1v) is 10.6. The van der Waals surface area contributed by atoms with Gasteiger partial charge in [-0.2, -0.15) is 0 Å². The summed E-state index contributed by atoms with van der Waals surface area (Å²) in [4.78, 5) is 17.7. The summed E-state index contributed by atoms with van der Waals surface area (Å²) in [5, 5.41) is 23.8. The van der Waals surface area contributed by atoms with Gasteiger partial charge in [-0.15, -0.1) is 0 Å². The molecule has 0 spiro atoms. The fourth-order valence-electron chi connectivity index (χ4n) is 4.57. The van der Waals surface area contributed by atoms with Gasteiger partial charge in [-0.3, -0.25) is 4.79 Å². The number of carbonyl (C=O) groups excluding carboxylic acids is 1. The number of allylic oxidation sites excluding steroid dienone is 3. The third-order valence-corrected chi connectivity index (χ3v) is 6.48. The molecule has 6 heteroatoms. The second kappa shape index (κ2) is 7.60. The van der Waals surface area contributed by atoms with Crippen LogP contribution in [-0.4, -0.2) is 58.3 Å². The van der Waals surface area contributed by atoms with Gasteiger partial charge in [0.15, 0.2) is 0 Å². The molecule has 4 rings (SSSR count). The van der Waals surface area contributed by atoms with Crippen LogP contribution in [0.1, 0.15) is 49.2 Å². The molecule has 0 bridgehead atoms. The second-order valence-electron chi connectivity index (χ2n) is 9.36. The largest absolute Gasteiger partial charge is 0.391 e. The van der Waals surface area contributed by atoms with Gasteiger partial charge >= 0.3 is 0 Å². The number of aromatic nitrogens is 1. The van der Waals surface area contributed by atoms with Crippen molar-refractivity contribution >= 4 is 22.4 Å². The predicted molar refractivity (Wildman–Crippen MR) is 119 cm³/mol. The zero-order valence-corrected chi connectivity index (χ0v) is 18.0. The molecule has 30 heavy (non-hydrogen) atoms. The normalized spacial score (nSPS) is 23.8. The summed E-state index contributed by atoms with van der Waals surface area (Å²) in [6.07, 6.45) is 1.36. The van der Waals surface area contributed by atoms with E-state index >= 15 is 0 Å². The monoisotopic (exact) mass is 409 g/mol. The molecule has 2 heterocycles. The molecule has 0 radical (unpaired) electrons. The number of hydrogen-bond donors (Lipinski definition) is 4. The second-order valence-corrected chi connectivity index (χ2v) is 9.36. The molecule has 1 aromatic heterocycles. The van der Waals surface area contributed by atoms with Crippen molar-refractivity contribution in [2.75, 3.05) is 20.1 Å². The molecular weight excluding hydrogens is 378 g/mol. The van der Waals surface area contributed by atoms with Crippen molar-refractivity contribution in [2.45, 2.75) is 45.3 Å². The fourth-order valence-corrected chi connectivity index (χ4v) is 4.57. The molecule has 0 unspecified atom stereocenters. The zero-order valence-electron chi connectivity index (χ0n) is 18.0. The molecule has 4 N–H and O–H groups in total. The summed E-state index contributed by atoms with van der Waals surface area (Å²) < 4.78 is 0. The minimum absolute atomic E-state index is 0.157. The van der Waals surface area contributed by atoms with Crippen LogP contribution in [-0.2, 0) is 0 Å². The molecule has 2 aliphatic rings. The maximum absolute atomic E-state index is 12.8. The maximum Gasteiger partial charge on any atom is 0.254 e. The summed E-state index contributed by atoms with van der Waals surface area (Å²) in [7, 11) is 1.97. The molecule has 160 valence electrons. The minimum Gasteiger partial charge on any atom is -0.391 e. The molecule has 1 aromatic carbocycles. The Kier molecular flexibility index (Phi) is 5.24. The molecule has 1 aliphatic carbocycles. The number of rotatable bonds is 4. The number of aliphatic hydroxyl groups excluding tert-OH is 2. The van der Waals surface area contributed by atoms with E-state index in [1.807, 2.05) is 25.2 Å². The number of H-pyrrole nitrogens is 1. The molecule has 2 atom stereocenters. The van der Waals surface area contributed by atoms with Gasteiger partial charge < -0.3 is 25.4 Å². The first kappa shape index (κ1) is 20.7. The van der Waals surface area contributed by atoms with E-state index in [9.17, 15) is 15.0 Å². The van der Waals surface area contributed by atoms with Gasteiger partial charge in [-0.25, -0.2) is 0 Å². The number of fused-ring (bicyclic) bond motifs is 1. The molecule has 0 saturated carbocycles. The first-order chi connectivity index (χ1) is 14.2. The average molecular weight is 410 g/mol. The molecule has 1 amide bonds. The lowest BCUT2D eigenvalue weighted by molar-refractivity contribution is 0.0572. The van der Waals surface area contributed by atoms with Crippen molar-refractivity contribution in [1.29, 1.82) is 0 Å². The van der Waals surface area contributed by atoms with E-state index in [4.69, 9.17) is 0 Å². The highest BCUT2D eigenvalue weighted by Gasteiger charge is 2.33. The van der Waals surface area contributed by atoms with Gasteiger partial charge in [-0.05, 0) is 60.1 Å². The highest BCUT2D eigenvalue weighted by Crippen LogP contribution is 2.42. The van der Waals surface area contributed by atoms with Gasteiger partial charge in [-0.1, -0.05) is 20.4 Å². The summed E-state index contributed by atoms with van der Waals surface area (Å²) in [5.41, 5.74) is 6.25. The molecule has 1 fully saturated rings. The smallest absolute Gasteiger partial charge is 0.254 e. The predicted octanol–water partition coefficient (Wildman–Crippen LogP) is 3.04. The van der Waals surface area contributed by atoms with Crippen LogP contribution in [0.5, 0.6) is 0 Å². The Morgan fingerprint density at radius 2 is 1.93 bits per heavy atom. The summed E-state index contributed by atoms with van der Waals surface area (Å²) >= 11 is 0. The van der Waals surface area contributed by atoms with Crippen molar-refractivity contribution in [3.8, 4) is 0 Å². The first-order valence-electron chi connectivity index (χ1n) is 10.6. The van der Waals surface area contributed by atoms with Crippen molar-refractivity contribution in [2.24, 2.45) is 5.41 Å². The van der Waals surface area contributed by atoms with E-state index < -0.39 is 12.2 Å². The number of aliphatic hydroxyl groups is 2. The van der Waals surface area contributed by atoms with Crippen LogP contribution in [0.4, 0.5) is 0 Å². The van der Waals surface area contributed by atoms with Gasteiger partial charge in [0.25, 0.3) is 5.91 Å². The van der Waals surface area contributed by atoms with Crippen molar-refractivity contribution in [3.05, 3.63) is 53.4 Å². The van der Waals surface area contributed by atoms with Crippen LogP contribution in [0.25, 0.3) is 16.5 Å². The summed E-state index contributed by atoms with van der Waals surface area (Å²) in [6.45, 7) is 9.27. The summed E-state index contributed by atoms with van der Waals surface area (Å²) in [6, 6.07) is 7.59. The van der Waals surface area contributed by atoms with Crippen LogP contribution in [0.3, 0.4) is 0 Å². The Morgan fingerprint density at radius 3 is 2.60 bits per heavy atom. The van der Waals surface area contributed by atoms with Gasteiger partial charge in [0.2, 0.25) is 0 Å². The molecule has 1 aliphatic heterocycles. The van der Waals surface area contributed by atoms with Crippen LogP contribution in [0, 0.1) is 5.41 Å². The lowest BCUT2D eigenvalue weighted by Crippen LogP contribution is -2.29. The van der Waals surface area contributed by atoms with Crippen molar-refractivity contribution in [3.63, 3.8) is 0 Å². The van der Waals surface area contributed by atoms with Crippen LogP contribution >= 0.6 is 0 Å². The lowest BCUT2D eigenvalue weighted by atomic mass is 9.75. The van der Waals surface area contributed by atoms with E-state index in [2.05, 4.69) is 30.7 Å². The molecule has 2 aromatic rings. The van der Waals surface area contributed by atoms with E-state index in [1.54, 1.807) is 6.07 Å². The topological polar surface area (TPSA) is 88.6 Å². The molecule has 6 nitrogen and oxygen atoms in total. The number of benzene rings is 1. The third kappa shape index (κ3) is 3.77. The molecular formula is C24H31N3O3. The van der Waals surface area contributed by atoms with Gasteiger partial charge in [0.05, 0.1) is 12.2 Å². The number of nitrogens with zero attached hydrogens (tertiary/aromatic N) is 1. The fraction of sp³-hybridized carbons (Fsp3) is 0.458. The summed E-state index contributed by atoms with van der Waals surface area (Å²) in [5.74, 6) is -0.177. The third-order valence-electron chi connectivity index (χ3n) is 6.48. The zero-order chi connectivity index (χ0) is 21.6. The van der Waals surface area contributed by atoms with Crippen molar-refractivity contribution < 1.29 is 15.0 Å². The number of aromatic amines is 1. The number of amides is 1. The lowest BCUT2D eigenvalue weighted by Gasteiger charge is -2.33. The van der Waals surface area contributed by atoms with E-state index in [1.165, 1.54) is 16.2 Å². The highest BCUT2D eigenvalue weighted by molar-refractivity contribution is 5.99. The minimum atomic E-state index is -0.880. The van der Waals surface area contributed by atoms with E-state index in [-0.39, 0.29) is 24.4 Å². The Balaban J connectivity index is 1.60. The van der Waals surface area contributed by atoms with Crippen LogP contribution < -0.4 is 5.32 Å². The number of hydrogen-bond acceptors (Lipinski definition) is 4. The number of likely N-dealkylation sites (tertiary alicyclic amines) is 1. The number of β-amino-alcohol motifs (C(OH)–C–C–N with tert-alkyl or cyclic N) is 2. The quantitative estimate of drug-likeness (QED) is 0.625. The Hall–Kier alpha value is -2.57. The standard InChI is InChI=1S/C24H31N3O3/c1-14(17-7-8-24(2,3)11-20(17)25-4)19-10-16-9-15(5-6-18(16)26-19)23(30)27-12-21(28)22(29)13-27/h5-6,9-10,21-22,25-26,28-29H,1,7-8,11-13H2,2-4H3/t21-,22+. The van der Waals surface area contributed by atoms with Crippen LogP contribution in [0.15, 0.2) is 42.1 Å². The maximum atomic E-state index is 12.8. The SMILES string of the molecule is C=C(C1=C(NC)CC(C)(C)CC1)c1cc2cc(C(=O)N3C[C@@H](O)[C@@H](O)C3)ccc2[nH]1. The number of nitrogens with one attached hydrogen (secondary N) is 2. The van der Waals surface area contributed by atoms with Gasteiger partial charge in [0, 0.05) is 48.0 Å². The highest BCUT2D eigenvalue weighted by atomic mass is 16.3. The van der Waals surface area contributed by atoms with E-state index in [0.29, 0.717) is 5.56 Å². The Bertz CT molecular complexity index is 1020. The molecule has 1 saturated heterocycles. The van der Waals surface area contributed by atoms with E-state index in [0.717, 1.165) is 41.4 Å². The van der Waals surface area contributed by atoms with Gasteiger partial charge in [0.1, 0.15) is 0 Å². The Morgan fingerprint density at radius 1 is 1.23 bits per heavy atom. The van der Waals surface area contributed by atoms with Crippen molar-refractivity contribution in [1.82, 2.24) is 15.2 Å². The Labute approximate surface area is 177 Å². The number of carbonyl (C=O) groups is 1.